The predicted octanol–water partition coefficient (Wildman–Crippen LogP) is 1.21. The Morgan fingerprint density at radius 3 is 2.14 bits per heavy atom. The van der Waals surface area contributed by atoms with Crippen LogP contribution in [-0.2, 0) is 19.2 Å². The first-order valence-electron chi connectivity index (χ1n) is 6.83. The molecule has 114 valence electrons. The third-order valence-corrected chi connectivity index (χ3v) is 6.46. The van der Waals surface area contributed by atoms with E-state index in [1.807, 2.05) is 36.2 Å². The molecule has 1 aromatic rings. The van der Waals surface area contributed by atoms with E-state index in [0.29, 0.717) is 5.88 Å². The molecule has 0 saturated heterocycles. The van der Waals surface area contributed by atoms with Gasteiger partial charge in [0.2, 0.25) is 23.1 Å². The molecule has 1 aromatic carbocycles. The highest BCUT2D eigenvalue weighted by Gasteiger charge is 2.52. The van der Waals surface area contributed by atoms with Crippen LogP contribution < -0.4 is 4.90 Å². The Morgan fingerprint density at radius 1 is 1.00 bits per heavy atom. The van der Waals surface area contributed by atoms with Gasteiger partial charge in [0.05, 0.1) is 17.0 Å². The molecular weight excluding hydrogens is 302 g/mol. The first-order chi connectivity index (χ1) is 10.3. The molecule has 0 radical (unpaired) electrons. The van der Waals surface area contributed by atoms with Gasteiger partial charge in [0.15, 0.2) is 0 Å². The van der Waals surface area contributed by atoms with Crippen molar-refractivity contribution in [3.8, 4) is 0 Å². The molecule has 6 heteroatoms. The summed E-state index contributed by atoms with van der Waals surface area (Å²) >= 11 is 0. The number of para-hydroxylation sites is 1. The van der Waals surface area contributed by atoms with Crippen LogP contribution in [0.5, 0.6) is 0 Å². The second-order valence-electron chi connectivity index (χ2n) is 5.96. The molecule has 1 atom stereocenters. The highest BCUT2D eigenvalue weighted by atomic mass is 32.2. The third-order valence-electron chi connectivity index (χ3n) is 4.07. The number of benzene rings is 1. The number of anilines is 1. The van der Waals surface area contributed by atoms with Crippen molar-refractivity contribution in [2.24, 2.45) is 5.41 Å². The van der Waals surface area contributed by atoms with Gasteiger partial charge < -0.3 is 4.90 Å². The van der Waals surface area contributed by atoms with Gasteiger partial charge in [0.25, 0.3) is 0 Å². The van der Waals surface area contributed by atoms with E-state index >= 15 is 0 Å². The van der Waals surface area contributed by atoms with Gasteiger partial charge in [-0.2, -0.15) is 0 Å². The summed E-state index contributed by atoms with van der Waals surface area (Å²) in [5, 5.41) is 0. The number of ketones is 4. The summed E-state index contributed by atoms with van der Waals surface area (Å²) in [5.74, 6) is -2.74. The van der Waals surface area contributed by atoms with E-state index in [2.05, 4.69) is 0 Å². The Hall–Kier alpha value is -2.08. The molecule has 1 saturated carbocycles. The monoisotopic (exact) mass is 317 g/mol. The Labute approximate surface area is 130 Å². The Morgan fingerprint density at radius 2 is 1.55 bits per heavy atom. The van der Waals surface area contributed by atoms with Crippen LogP contribution in [0.15, 0.2) is 29.2 Å². The van der Waals surface area contributed by atoms with E-state index in [4.69, 9.17) is 0 Å². The van der Waals surface area contributed by atoms with Crippen molar-refractivity contribution in [1.82, 2.24) is 0 Å². The molecule has 0 spiro atoms. The molecule has 0 bridgehead atoms. The van der Waals surface area contributed by atoms with Crippen molar-refractivity contribution >= 4 is 44.2 Å². The maximum absolute atomic E-state index is 12.4. The van der Waals surface area contributed by atoms with Crippen LogP contribution in [0, 0.1) is 5.41 Å². The Kier molecular flexibility index (Phi) is 3.18. The van der Waals surface area contributed by atoms with Gasteiger partial charge >= 0.3 is 0 Å². The molecule has 1 unspecified atom stereocenters. The molecule has 0 amide bonds. The minimum atomic E-state index is -1.55. The molecule has 1 aliphatic heterocycles. The van der Waals surface area contributed by atoms with E-state index < -0.39 is 39.0 Å². The second-order valence-corrected chi connectivity index (χ2v) is 7.84. The number of hydrogen-bond donors (Lipinski definition) is 0. The maximum atomic E-state index is 12.4. The van der Waals surface area contributed by atoms with Crippen LogP contribution in [-0.4, -0.2) is 40.9 Å². The zero-order chi connectivity index (χ0) is 16.2. The van der Waals surface area contributed by atoms with Gasteiger partial charge in [0.1, 0.15) is 4.86 Å². The zero-order valence-electron chi connectivity index (χ0n) is 12.5. The summed E-state index contributed by atoms with van der Waals surface area (Å²) in [7, 11) is 1.01. The van der Waals surface area contributed by atoms with Gasteiger partial charge in [-0.1, -0.05) is 12.1 Å². The topological polar surface area (TPSA) is 71.5 Å². The number of hydrogen-bond acceptors (Lipinski definition) is 5. The van der Waals surface area contributed by atoms with Gasteiger partial charge in [-0.05, 0) is 26.0 Å². The normalized spacial score (nSPS) is 24.0. The highest BCUT2D eigenvalue weighted by molar-refractivity contribution is 8.18. The Bertz CT molecular complexity index is 759. The highest BCUT2D eigenvalue weighted by Crippen LogP contribution is 2.44. The fourth-order valence-electron chi connectivity index (χ4n) is 2.69. The first kappa shape index (κ1) is 14.8. The van der Waals surface area contributed by atoms with Crippen molar-refractivity contribution in [3.63, 3.8) is 0 Å². The van der Waals surface area contributed by atoms with Crippen LogP contribution in [0.1, 0.15) is 13.8 Å². The standard InChI is InChI=1S/C16H15NO4S/c1-16(2)14(20)11(18)13(12(19)15(16)21)22-8-17(3)9-6-4-5-7-10(9)22/h4-7H,8H2,1-3H3. The first-order valence-corrected chi connectivity index (χ1v) is 8.22. The van der Waals surface area contributed by atoms with Gasteiger partial charge in [0, 0.05) is 11.9 Å². The van der Waals surface area contributed by atoms with E-state index in [9.17, 15) is 19.2 Å². The minimum absolute atomic E-state index is 0.147. The third kappa shape index (κ3) is 1.83. The lowest BCUT2D eigenvalue weighted by atomic mass is 9.74. The van der Waals surface area contributed by atoms with Gasteiger partial charge in [-0.15, -0.1) is 10.5 Å². The summed E-state index contributed by atoms with van der Waals surface area (Å²) in [5.41, 5.74) is -0.629. The quantitative estimate of drug-likeness (QED) is 0.409. The molecule has 0 aromatic heterocycles. The van der Waals surface area contributed by atoms with Crippen molar-refractivity contribution in [2.75, 3.05) is 17.8 Å². The molecule has 1 aliphatic carbocycles. The van der Waals surface area contributed by atoms with E-state index in [-0.39, 0.29) is 4.86 Å². The summed E-state index contributed by atoms with van der Waals surface area (Å²) in [6.45, 7) is 2.67. The van der Waals surface area contributed by atoms with Gasteiger partial charge in [-0.3, -0.25) is 19.2 Å². The van der Waals surface area contributed by atoms with Crippen LogP contribution in [0.2, 0.25) is 0 Å². The number of fused-ring (bicyclic) bond motifs is 1. The van der Waals surface area contributed by atoms with Gasteiger partial charge in [-0.25, -0.2) is 0 Å². The van der Waals surface area contributed by atoms with Crippen LogP contribution in [0.4, 0.5) is 5.69 Å². The van der Waals surface area contributed by atoms with Crippen molar-refractivity contribution in [3.05, 3.63) is 24.3 Å². The summed E-state index contributed by atoms with van der Waals surface area (Å²) in [4.78, 5) is 51.9. The van der Waals surface area contributed by atoms with Crippen LogP contribution >= 0.6 is 10.5 Å². The van der Waals surface area contributed by atoms with E-state index in [0.717, 1.165) is 10.6 Å². The Balaban J connectivity index is 2.24. The lowest BCUT2D eigenvalue weighted by Gasteiger charge is -2.26. The molecular formula is C16H15NO4S. The average Bonchev–Trinajstić information content (AvgIpc) is 2.82. The SMILES string of the molecule is CN1CS(=C2C(=O)C(=O)C(C)(C)C(=O)C2=O)c2ccccc21. The average molecular weight is 317 g/mol. The number of rotatable bonds is 0. The summed E-state index contributed by atoms with van der Waals surface area (Å²) < 4.78 is 0. The van der Waals surface area contributed by atoms with Crippen molar-refractivity contribution in [1.29, 1.82) is 0 Å². The number of carbonyl (C=O) groups excluding carboxylic acids is 4. The second kappa shape index (κ2) is 4.71. The number of carbonyl (C=O) groups is 4. The zero-order valence-corrected chi connectivity index (χ0v) is 13.3. The summed E-state index contributed by atoms with van der Waals surface area (Å²) in [6.07, 6.45) is 0. The molecule has 22 heavy (non-hydrogen) atoms. The number of Topliss-reactive ketones (excluding diaryl/α,β-unsaturated/α-hetero) is 4. The lowest BCUT2D eigenvalue weighted by Crippen LogP contribution is -2.54. The van der Waals surface area contributed by atoms with Crippen molar-refractivity contribution < 1.29 is 19.2 Å². The largest absolute Gasteiger partial charge is 0.365 e. The van der Waals surface area contributed by atoms with Crippen LogP contribution in [0.3, 0.4) is 0 Å². The number of nitrogens with zero attached hydrogens (tertiary/aromatic N) is 1. The van der Waals surface area contributed by atoms with E-state index in [1.54, 1.807) is 0 Å². The fourth-order valence-corrected chi connectivity index (χ4v) is 5.06. The maximum Gasteiger partial charge on any atom is 0.239 e. The molecule has 1 fully saturated rings. The molecule has 0 N–H and O–H groups in total. The predicted molar refractivity (Wildman–Crippen MR) is 84.4 cm³/mol. The molecule has 2 aliphatic rings. The molecule has 1 heterocycles. The molecule has 5 nitrogen and oxygen atoms in total. The lowest BCUT2D eigenvalue weighted by molar-refractivity contribution is -0.150. The van der Waals surface area contributed by atoms with Crippen molar-refractivity contribution in [2.45, 2.75) is 18.7 Å². The van der Waals surface area contributed by atoms with E-state index in [1.165, 1.54) is 13.8 Å². The summed E-state index contributed by atoms with van der Waals surface area (Å²) in [6, 6.07) is 7.43. The fraction of sp³-hybridized carbons (Fsp3) is 0.312. The molecule has 3 rings (SSSR count). The van der Waals surface area contributed by atoms with Crippen LogP contribution in [0.25, 0.3) is 0 Å². The minimum Gasteiger partial charge on any atom is -0.365 e. The smallest absolute Gasteiger partial charge is 0.239 e.